The second-order valence-electron chi connectivity index (χ2n) is 5.18. The minimum atomic E-state index is 0.644. The van der Waals surface area contributed by atoms with Gasteiger partial charge in [-0.2, -0.15) is 0 Å². The van der Waals surface area contributed by atoms with Gasteiger partial charge in [-0.25, -0.2) is 4.98 Å². The fourth-order valence-corrected chi connectivity index (χ4v) is 3.88. The first-order valence-electron chi connectivity index (χ1n) is 6.39. The van der Waals surface area contributed by atoms with Crippen LogP contribution in [0.4, 0.5) is 0 Å². The van der Waals surface area contributed by atoms with Crippen molar-refractivity contribution in [1.82, 2.24) is 4.98 Å². The van der Waals surface area contributed by atoms with Crippen LogP contribution in [0.15, 0.2) is 0 Å². The smallest absolute Gasteiger partial charge is 0.0933 e. The molecule has 0 bridgehead atoms. The third kappa shape index (κ3) is 2.64. The van der Waals surface area contributed by atoms with Gasteiger partial charge in [0.1, 0.15) is 0 Å². The van der Waals surface area contributed by atoms with E-state index in [1.54, 1.807) is 4.88 Å². The van der Waals surface area contributed by atoms with Crippen molar-refractivity contribution in [3.8, 4) is 0 Å². The summed E-state index contributed by atoms with van der Waals surface area (Å²) < 4.78 is 0. The zero-order valence-corrected chi connectivity index (χ0v) is 11.1. The Morgan fingerprint density at radius 3 is 3.00 bits per heavy atom. The van der Waals surface area contributed by atoms with Crippen molar-refractivity contribution in [2.45, 2.75) is 51.9 Å². The van der Waals surface area contributed by atoms with Crippen molar-refractivity contribution in [3.05, 3.63) is 15.6 Å². The molecule has 1 atom stereocenters. The molecule has 0 aromatic carbocycles. The number of nitrogens with two attached hydrogens (primary N) is 1. The third-order valence-electron chi connectivity index (χ3n) is 3.21. The summed E-state index contributed by atoms with van der Waals surface area (Å²) in [4.78, 5) is 6.40. The molecule has 1 aromatic heterocycles. The van der Waals surface area contributed by atoms with Crippen LogP contribution in [0, 0.1) is 5.92 Å². The molecule has 0 aliphatic heterocycles. The summed E-state index contributed by atoms with van der Waals surface area (Å²) in [5.74, 6) is 1.35. The molecule has 90 valence electrons. The van der Waals surface area contributed by atoms with Crippen LogP contribution in [0.3, 0.4) is 0 Å². The highest BCUT2D eigenvalue weighted by Crippen LogP contribution is 2.36. The first-order chi connectivity index (χ1) is 7.70. The summed E-state index contributed by atoms with van der Waals surface area (Å²) in [6, 6.07) is 0. The second kappa shape index (κ2) is 5.28. The third-order valence-corrected chi connectivity index (χ3v) is 4.37. The summed E-state index contributed by atoms with van der Waals surface area (Å²) in [7, 11) is 0. The largest absolute Gasteiger partial charge is 0.330 e. The van der Waals surface area contributed by atoms with Gasteiger partial charge < -0.3 is 5.73 Å². The van der Waals surface area contributed by atoms with E-state index in [9.17, 15) is 0 Å². The molecule has 0 radical (unpaired) electrons. The Bertz CT molecular complexity index is 344. The maximum absolute atomic E-state index is 5.68. The Morgan fingerprint density at radius 1 is 1.50 bits per heavy atom. The predicted molar refractivity (Wildman–Crippen MR) is 70.0 cm³/mol. The normalized spacial score (nSPS) is 20.1. The summed E-state index contributed by atoms with van der Waals surface area (Å²) in [6.45, 7) is 5.32. The molecule has 1 aromatic rings. The van der Waals surface area contributed by atoms with Gasteiger partial charge in [0.2, 0.25) is 0 Å². The van der Waals surface area contributed by atoms with Crippen molar-refractivity contribution in [1.29, 1.82) is 0 Å². The van der Waals surface area contributed by atoms with E-state index in [-0.39, 0.29) is 0 Å². The number of nitrogens with zero attached hydrogens (tertiary/aromatic N) is 1. The lowest BCUT2D eigenvalue weighted by molar-refractivity contribution is 0.517. The first-order valence-corrected chi connectivity index (χ1v) is 7.21. The average Bonchev–Trinajstić information content (AvgIpc) is 2.60. The van der Waals surface area contributed by atoms with E-state index in [1.807, 2.05) is 11.3 Å². The van der Waals surface area contributed by atoms with E-state index in [4.69, 9.17) is 10.7 Å². The summed E-state index contributed by atoms with van der Waals surface area (Å²) >= 11 is 1.94. The van der Waals surface area contributed by atoms with Crippen molar-refractivity contribution in [2.24, 2.45) is 11.7 Å². The van der Waals surface area contributed by atoms with E-state index in [0.717, 1.165) is 19.4 Å². The minimum Gasteiger partial charge on any atom is -0.330 e. The van der Waals surface area contributed by atoms with Crippen LogP contribution in [0.2, 0.25) is 0 Å². The number of aromatic nitrogens is 1. The fourth-order valence-electron chi connectivity index (χ4n) is 2.48. The molecule has 1 unspecified atom stereocenters. The molecule has 1 aliphatic rings. The van der Waals surface area contributed by atoms with Gasteiger partial charge in [0.15, 0.2) is 0 Å². The predicted octanol–water partition coefficient (Wildman–Crippen LogP) is 3.11. The molecule has 3 heteroatoms. The van der Waals surface area contributed by atoms with Crippen molar-refractivity contribution < 1.29 is 0 Å². The lowest BCUT2D eigenvalue weighted by Gasteiger charge is -2.20. The zero-order valence-electron chi connectivity index (χ0n) is 10.3. The molecule has 1 aliphatic carbocycles. The molecule has 16 heavy (non-hydrogen) atoms. The van der Waals surface area contributed by atoms with Gasteiger partial charge in [-0.05, 0) is 38.1 Å². The van der Waals surface area contributed by atoms with E-state index in [0.29, 0.717) is 11.8 Å². The van der Waals surface area contributed by atoms with Gasteiger partial charge in [0.25, 0.3) is 0 Å². The summed E-state index contributed by atoms with van der Waals surface area (Å²) in [6.07, 6.45) is 6.09. The maximum Gasteiger partial charge on any atom is 0.0933 e. The number of fused-ring (bicyclic) bond motifs is 1. The lowest BCUT2D eigenvalue weighted by atomic mass is 9.88. The number of rotatable bonds is 4. The van der Waals surface area contributed by atoms with Gasteiger partial charge in [-0.15, -0.1) is 11.3 Å². The Labute approximate surface area is 102 Å². The van der Waals surface area contributed by atoms with Crippen LogP contribution in [0.1, 0.15) is 54.6 Å². The van der Waals surface area contributed by atoms with E-state index in [1.165, 1.54) is 30.0 Å². The van der Waals surface area contributed by atoms with Crippen molar-refractivity contribution >= 4 is 11.3 Å². The number of thiazole rings is 1. The van der Waals surface area contributed by atoms with Crippen LogP contribution < -0.4 is 5.73 Å². The van der Waals surface area contributed by atoms with Gasteiger partial charge in [0, 0.05) is 17.2 Å². The molecule has 0 spiro atoms. The molecule has 0 fully saturated rings. The van der Waals surface area contributed by atoms with Gasteiger partial charge in [-0.3, -0.25) is 0 Å². The molecule has 0 saturated heterocycles. The lowest BCUT2D eigenvalue weighted by Crippen LogP contribution is -2.13. The van der Waals surface area contributed by atoms with Gasteiger partial charge in [-0.1, -0.05) is 13.8 Å². The molecular formula is C13H22N2S. The summed E-state index contributed by atoms with van der Waals surface area (Å²) in [5, 5.41) is 1.34. The maximum atomic E-state index is 5.68. The Hall–Kier alpha value is -0.410. The molecule has 0 saturated carbocycles. The summed E-state index contributed by atoms with van der Waals surface area (Å²) in [5.41, 5.74) is 7.07. The van der Waals surface area contributed by atoms with E-state index < -0.39 is 0 Å². The monoisotopic (exact) mass is 238 g/mol. The van der Waals surface area contributed by atoms with Crippen LogP contribution in [-0.4, -0.2) is 11.5 Å². The number of hydrogen-bond donors (Lipinski definition) is 1. The highest BCUT2D eigenvalue weighted by atomic mass is 32.1. The molecule has 1 heterocycles. The van der Waals surface area contributed by atoms with Crippen LogP contribution >= 0.6 is 11.3 Å². The molecular weight excluding hydrogens is 216 g/mol. The van der Waals surface area contributed by atoms with Crippen LogP contribution in [0.5, 0.6) is 0 Å². The Morgan fingerprint density at radius 2 is 2.31 bits per heavy atom. The van der Waals surface area contributed by atoms with Gasteiger partial charge >= 0.3 is 0 Å². The molecule has 0 amide bonds. The van der Waals surface area contributed by atoms with Crippen molar-refractivity contribution in [2.75, 3.05) is 6.54 Å². The minimum absolute atomic E-state index is 0.644. The number of aryl methyl sites for hydroxylation is 1. The average molecular weight is 238 g/mol. The van der Waals surface area contributed by atoms with Gasteiger partial charge in [0.05, 0.1) is 10.7 Å². The molecule has 2 N–H and O–H groups in total. The number of hydrogen-bond acceptors (Lipinski definition) is 3. The van der Waals surface area contributed by atoms with Crippen LogP contribution in [0.25, 0.3) is 0 Å². The first kappa shape index (κ1) is 12.1. The highest BCUT2D eigenvalue weighted by molar-refractivity contribution is 7.11. The Balaban J connectivity index is 2.17. The van der Waals surface area contributed by atoms with Crippen LogP contribution in [-0.2, 0) is 12.8 Å². The van der Waals surface area contributed by atoms with Crippen molar-refractivity contribution in [3.63, 3.8) is 0 Å². The topological polar surface area (TPSA) is 38.9 Å². The van der Waals surface area contributed by atoms with E-state index in [2.05, 4.69) is 13.8 Å². The fraction of sp³-hybridized carbons (Fsp3) is 0.769. The SMILES string of the molecule is CC(C)Cc1nc2c(s1)CCCC2CCN. The second-order valence-corrected chi connectivity index (χ2v) is 6.35. The molecule has 2 rings (SSSR count). The van der Waals surface area contributed by atoms with E-state index >= 15 is 0 Å². The Kier molecular flexibility index (Phi) is 3.98. The zero-order chi connectivity index (χ0) is 11.5. The quantitative estimate of drug-likeness (QED) is 0.875. The molecule has 2 nitrogen and oxygen atoms in total. The standard InChI is InChI=1S/C13H22N2S/c1-9(2)8-12-15-13-10(6-7-14)4-3-5-11(13)16-12/h9-10H,3-8,14H2,1-2H3. The highest BCUT2D eigenvalue weighted by Gasteiger charge is 2.24.